The Kier molecular flexibility index (Phi) is 7.31. The fourth-order valence-electron chi connectivity index (χ4n) is 2.50. The third kappa shape index (κ3) is 4.97. The topological polar surface area (TPSA) is 40.5 Å². The van der Waals surface area contributed by atoms with Crippen LogP contribution in [-0.4, -0.2) is 35.1 Å². The predicted octanol–water partition coefficient (Wildman–Crippen LogP) is 2.94. The lowest BCUT2D eigenvalue weighted by atomic mass is 10.1. The minimum absolute atomic E-state index is 0.0345. The van der Waals surface area contributed by atoms with Gasteiger partial charge in [0.25, 0.3) is 0 Å². The Balaban J connectivity index is 2.59. The Morgan fingerprint density at radius 3 is 2.30 bits per heavy atom. The molecule has 0 aliphatic rings. The smallest absolute Gasteiger partial charge is 0.223 e. The molecule has 0 saturated heterocycles. The van der Waals surface area contributed by atoms with Gasteiger partial charge in [0.15, 0.2) is 0 Å². The minimum Gasteiger partial charge on any atom is -0.395 e. The van der Waals surface area contributed by atoms with Gasteiger partial charge in [-0.1, -0.05) is 43.7 Å². The van der Waals surface area contributed by atoms with Gasteiger partial charge >= 0.3 is 0 Å². The van der Waals surface area contributed by atoms with Crippen molar-refractivity contribution < 1.29 is 9.90 Å². The summed E-state index contributed by atoms with van der Waals surface area (Å²) < 4.78 is 0. The highest BCUT2D eigenvalue weighted by Crippen LogP contribution is 2.12. The molecular weight excluding hydrogens is 250 g/mol. The van der Waals surface area contributed by atoms with E-state index in [9.17, 15) is 4.79 Å². The van der Waals surface area contributed by atoms with Gasteiger partial charge in [-0.25, -0.2) is 0 Å². The molecule has 0 radical (unpaired) electrons. The molecule has 0 aliphatic heterocycles. The van der Waals surface area contributed by atoms with Gasteiger partial charge in [0.1, 0.15) is 0 Å². The van der Waals surface area contributed by atoms with E-state index in [2.05, 4.69) is 45.0 Å². The van der Waals surface area contributed by atoms with Crippen LogP contribution in [0.2, 0.25) is 0 Å². The zero-order valence-corrected chi connectivity index (χ0v) is 12.9. The van der Waals surface area contributed by atoms with E-state index in [-0.39, 0.29) is 18.6 Å². The second-order valence-corrected chi connectivity index (χ2v) is 5.27. The van der Waals surface area contributed by atoms with E-state index in [0.717, 1.165) is 19.3 Å². The van der Waals surface area contributed by atoms with E-state index in [0.29, 0.717) is 13.0 Å². The van der Waals surface area contributed by atoms with Crippen LogP contribution in [0.25, 0.3) is 0 Å². The van der Waals surface area contributed by atoms with Crippen LogP contribution < -0.4 is 0 Å². The van der Waals surface area contributed by atoms with Crippen molar-refractivity contribution in [3.63, 3.8) is 0 Å². The SMILES string of the molecule is CCC(CC)N(CCO)C(=O)CCc1ccc(C)cc1. The first-order valence-electron chi connectivity index (χ1n) is 7.58. The lowest BCUT2D eigenvalue weighted by Gasteiger charge is -2.30. The van der Waals surface area contributed by atoms with Crippen LogP contribution in [0.4, 0.5) is 0 Å². The molecule has 0 spiro atoms. The fourth-order valence-corrected chi connectivity index (χ4v) is 2.50. The van der Waals surface area contributed by atoms with Gasteiger partial charge in [0, 0.05) is 19.0 Å². The highest BCUT2D eigenvalue weighted by atomic mass is 16.3. The summed E-state index contributed by atoms with van der Waals surface area (Å²) in [5.41, 5.74) is 2.43. The number of hydrogen-bond acceptors (Lipinski definition) is 2. The maximum atomic E-state index is 12.3. The molecule has 0 aliphatic carbocycles. The predicted molar refractivity (Wildman–Crippen MR) is 82.7 cm³/mol. The number of benzene rings is 1. The molecule has 3 nitrogen and oxygen atoms in total. The lowest BCUT2D eigenvalue weighted by molar-refractivity contribution is -0.134. The van der Waals surface area contributed by atoms with Crippen molar-refractivity contribution in [2.75, 3.05) is 13.2 Å². The van der Waals surface area contributed by atoms with Crippen molar-refractivity contribution in [2.24, 2.45) is 0 Å². The van der Waals surface area contributed by atoms with E-state index in [1.807, 2.05) is 4.90 Å². The summed E-state index contributed by atoms with van der Waals surface area (Å²) in [6, 6.07) is 8.55. The van der Waals surface area contributed by atoms with Gasteiger partial charge in [-0.3, -0.25) is 4.79 Å². The molecule has 0 unspecified atom stereocenters. The molecule has 112 valence electrons. The molecule has 0 aromatic heterocycles. The first kappa shape index (κ1) is 16.7. The number of aliphatic hydroxyl groups is 1. The van der Waals surface area contributed by atoms with Gasteiger partial charge in [0.2, 0.25) is 5.91 Å². The molecular formula is C17H27NO2. The number of carbonyl (C=O) groups excluding carboxylic acids is 1. The van der Waals surface area contributed by atoms with Gasteiger partial charge in [-0.2, -0.15) is 0 Å². The number of carbonyl (C=O) groups is 1. The van der Waals surface area contributed by atoms with E-state index >= 15 is 0 Å². The number of nitrogens with zero attached hydrogens (tertiary/aromatic N) is 1. The average molecular weight is 277 g/mol. The maximum Gasteiger partial charge on any atom is 0.223 e. The number of hydrogen-bond donors (Lipinski definition) is 1. The van der Waals surface area contributed by atoms with E-state index < -0.39 is 0 Å². The van der Waals surface area contributed by atoms with Crippen molar-refractivity contribution >= 4 is 5.91 Å². The standard InChI is InChI=1S/C17H27NO2/c1-4-16(5-2)18(12-13-19)17(20)11-10-15-8-6-14(3)7-9-15/h6-9,16,19H,4-5,10-13H2,1-3H3. The van der Waals surface area contributed by atoms with E-state index in [4.69, 9.17) is 5.11 Å². The lowest BCUT2D eigenvalue weighted by Crippen LogP contribution is -2.41. The molecule has 1 aromatic rings. The Labute approximate surface area is 122 Å². The molecule has 0 saturated carbocycles. The average Bonchev–Trinajstić information content (AvgIpc) is 2.46. The molecule has 1 rings (SSSR count). The third-order valence-electron chi connectivity index (χ3n) is 3.79. The van der Waals surface area contributed by atoms with E-state index in [1.165, 1.54) is 11.1 Å². The second kappa shape index (κ2) is 8.75. The van der Waals surface area contributed by atoms with Crippen molar-refractivity contribution in [1.29, 1.82) is 0 Å². The van der Waals surface area contributed by atoms with Crippen LogP contribution in [-0.2, 0) is 11.2 Å². The number of rotatable bonds is 8. The zero-order valence-electron chi connectivity index (χ0n) is 12.9. The van der Waals surface area contributed by atoms with Crippen LogP contribution in [0.1, 0.15) is 44.2 Å². The summed E-state index contributed by atoms with van der Waals surface area (Å²) in [5.74, 6) is 0.147. The van der Waals surface area contributed by atoms with Crippen LogP contribution in [0.3, 0.4) is 0 Å². The summed E-state index contributed by atoms with van der Waals surface area (Å²) in [6.07, 6.45) is 3.15. The number of aliphatic hydroxyl groups excluding tert-OH is 1. The van der Waals surface area contributed by atoms with Gasteiger partial charge in [-0.05, 0) is 31.7 Å². The molecule has 1 aromatic carbocycles. The number of aryl methyl sites for hydroxylation is 2. The van der Waals surface area contributed by atoms with Crippen LogP contribution in [0.15, 0.2) is 24.3 Å². The fraction of sp³-hybridized carbons (Fsp3) is 0.588. The summed E-state index contributed by atoms with van der Waals surface area (Å²) in [5, 5.41) is 9.15. The summed E-state index contributed by atoms with van der Waals surface area (Å²) >= 11 is 0. The number of amides is 1. The third-order valence-corrected chi connectivity index (χ3v) is 3.79. The zero-order chi connectivity index (χ0) is 15.0. The van der Waals surface area contributed by atoms with Crippen LogP contribution >= 0.6 is 0 Å². The molecule has 0 fully saturated rings. The molecule has 3 heteroatoms. The van der Waals surface area contributed by atoms with Crippen molar-refractivity contribution in [3.05, 3.63) is 35.4 Å². The monoisotopic (exact) mass is 277 g/mol. The second-order valence-electron chi connectivity index (χ2n) is 5.27. The highest BCUT2D eigenvalue weighted by molar-refractivity contribution is 5.76. The normalized spacial score (nSPS) is 10.8. The first-order valence-corrected chi connectivity index (χ1v) is 7.58. The molecule has 1 N–H and O–H groups in total. The Morgan fingerprint density at radius 1 is 1.20 bits per heavy atom. The Morgan fingerprint density at radius 2 is 1.80 bits per heavy atom. The van der Waals surface area contributed by atoms with Crippen molar-refractivity contribution in [3.8, 4) is 0 Å². The summed E-state index contributed by atoms with van der Waals surface area (Å²) in [4.78, 5) is 14.2. The van der Waals surface area contributed by atoms with Gasteiger partial charge in [0.05, 0.1) is 6.61 Å². The Hall–Kier alpha value is -1.35. The molecule has 0 heterocycles. The van der Waals surface area contributed by atoms with Gasteiger partial charge < -0.3 is 10.0 Å². The first-order chi connectivity index (χ1) is 9.62. The minimum atomic E-state index is 0.0345. The molecule has 1 amide bonds. The Bertz CT molecular complexity index is 396. The van der Waals surface area contributed by atoms with E-state index in [1.54, 1.807) is 0 Å². The summed E-state index contributed by atoms with van der Waals surface area (Å²) in [6.45, 7) is 6.72. The maximum absolute atomic E-state index is 12.3. The van der Waals surface area contributed by atoms with Gasteiger partial charge in [-0.15, -0.1) is 0 Å². The van der Waals surface area contributed by atoms with Crippen LogP contribution in [0.5, 0.6) is 0 Å². The highest BCUT2D eigenvalue weighted by Gasteiger charge is 2.19. The largest absolute Gasteiger partial charge is 0.395 e. The molecule has 20 heavy (non-hydrogen) atoms. The van der Waals surface area contributed by atoms with Crippen molar-refractivity contribution in [2.45, 2.75) is 52.5 Å². The van der Waals surface area contributed by atoms with Crippen molar-refractivity contribution in [1.82, 2.24) is 4.90 Å². The summed E-state index contributed by atoms with van der Waals surface area (Å²) in [7, 11) is 0. The molecule has 0 bridgehead atoms. The quantitative estimate of drug-likeness (QED) is 0.793. The molecule has 0 atom stereocenters. The van der Waals surface area contributed by atoms with Crippen LogP contribution in [0, 0.1) is 6.92 Å².